The Hall–Kier alpha value is -1.15. The molecular formula is C14H18NS+. The SMILES string of the molecule is CC(C)(C)c1ccc(C[n+]2ccsc2)cc1. The summed E-state index contributed by atoms with van der Waals surface area (Å²) in [7, 11) is 0. The van der Waals surface area contributed by atoms with Crippen LogP contribution in [0, 0.1) is 0 Å². The van der Waals surface area contributed by atoms with Crippen LogP contribution < -0.4 is 4.57 Å². The third kappa shape index (κ3) is 2.70. The van der Waals surface area contributed by atoms with Crippen LogP contribution in [0.25, 0.3) is 0 Å². The molecule has 0 aliphatic carbocycles. The van der Waals surface area contributed by atoms with E-state index in [0.717, 1.165) is 6.54 Å². The van der Waals surface area contributed by atoms with Crippen LogP contribution in [0.1, 0.15) is 31.9 Å². The summed E-state index contributed by atoms with van der Waals surface area (Å²) in [6.45, 7) is 7.70. The van der Waals surface area contributed by atoms with Gasteiger partial charge in [-0.25, -0.2) is 0 Å². The first-order valence-electron chi connectivity index (χ1n) is 5.56. The van der Waals surface area contributed by atoms with Crippen molar-refractivity contribution in [1.29, 1.82) is 0 Å². The van der Waals surface area contributed by atoms with E-state index in [1.807, 2.05) is 0 Å². The van der Waals surface area contributed by atoms with Gasteiger partial charge in [-0.05, 0) is 11.0 Å². The Morgan fingerprint density at radius 2 is 1.81 bits per heavy atom. The molecule has 0 N–H and O–H groups in total. The largest absolute Gasteiger partial charge is 0.224 e. The summed E-state index contributed by atoms with van der Waals surface area (Å²) in [5.41, 5.74) is 5.13. The predicted molar refractivity (Wildman–Crippen MR) is 68.8 cm³/mol. The van der Waals surface area contributed by atoms with Crippen LogP contribution in [0.15, 0.2) is 41.4 Å². The minimum absolute atomic E-state index is 0.244. The van der Waals surface area contributed by atoms with Crippen molar-refractivity contribution in [3.8, 4) is 0 Å². The van der Waals surface area contributed by atoms with Crippen molar-refractivity contribution in [2.75, 3.05) is 0 Å². The maximum Gasteiger partial charge on any atom is 0.224 e. The molecule has 0 amide bonds. The molecule has 0 saturated heterocycles. The van der Waals surface area contributed by atoms with Crippen molar-refractivity contribution >= 4 is 11.3 Å². The van der Waals surface area contributed by atoms with Gasteiger partial charge in [0.1, 0.15) is 0 Å². The summed E-state index contributed by atoms with van der Waals surface area (Å²) in [6, 6.07) is 8.93. The maximum atomic E-state index is 2.25. The zero-order valence-electron chi connectivity index (χ0n) is 10.1. The molecule has 1 aromatic heterocycles. The van der Waals surface area contributed by atoms with Gasteiger partial charge in [0.15, 0.2) is 12.7 Å². The third-order valence-electron chi connectivity index (χ3n) is 2.71. The van der Waals surface area contributed by atoms with Crippen molar-refractivity contribution in [1.82, 2.24) is 0 Å². The molecule has 84 valence electrons. The minimum Gasteiger partial charge on any atom is -0.191 e. The highest BCUT2D eigenvalue weighted by Gasteiger charge is 2.13. The molecular weight excluding hydrogens is 214 g/mol. The monoisotopic (exact) mass is 232 g/mol. The molecule has 0 aliphatic heterocycles. The number of hydrogen-bond donors (Lipinski definition) is 0. The Balaban J connectivity index is 2.14. The number of rotatable bonds is 2. The molecule has 2 aromatic rings. The smallest absolute Gasteiger partial charge is 0.191 e. The highest BCUT2D eigenvalue weighted by molar-refractivity contribution is 7.07. The van der Waals surface area contributed by atoms with E-state index >= 15 is 0 Å². The minimum atomic E-state index is 0.244. The summed E-state index contributed by atoms with van der Waals surface area (Å²) in [4.78, 5) is 0. The Bertz CT molecular complexity index is 435. The summed E-state index contributed by atoms with van der Waals surface area (Å²) in [6.07, 6.45) is 2.11. The molecule has 0 unspecified atom stereocenters. The van der Waals surface area contributed by atoms with Crippen LogP contribution >= 0.6 is 11.3 Å². The number of nitrogens with zero attached hydrogens (tertiary/aromatic N) is 1. The van der Waals surface area contributed by atoms with Crippen molar-refractivity contribution in [3.63, 3.8) is 0 Å². The lowest BCUT2D eigenvalue weighted by Gasteiger charge is -2.18. The zero-order valence-corrected chi connectivity index (χ0v) is 10.9. The van der Waals surface area contributed by atoms with Crippen LogP contribution in [0.4, 0.5) is 0 Å². The molecule has 0 spiro atoms. The second-order valence-corrected chi connectivity index (χ2v) is 5.90. The van der Waals surface area contributed by atoms with E-state index in [1.54, 1.807) is 11.3 Å². The number of hydrogen-bond acceptors (Lipinski definition) is 1. The fraction of sp³-hybridized carbons (Fsp3) is 0.357. The first kappa shape index (κ1) is 11.3. The molecule has 1 aromatic carbocycles. The molecule has 1 heterocycles. The molecule has 0 atom stereocenters. The first-order chi connectivity index (χ1) is 7.55. The van der Waals surface area contributed by atoms with Gasteiger partial charge in [-0.15, -0.1) is 0 Å². The molecule has 0 aliphatic rings. The molecule has 0 saturated carbocycles. The van der Waals surface area contributed by atoms with Gasteiger partial charge < -0.3 is 0 Å². The lowest BCUT2D eigenvalue weighted by atomic mass is 9.87. The highest BCUT2D eigenvalue weighted by atomic mass is 32.1. The second-order valence-electron chi connectivity index (χ2n) is 5.15. The lowest BCUT2D eigenvalue weighted by Crippen LogP contribution is -2.30. The molecule has 0 bridgehead atoms. The Labute approximate surface area is 101 Å². The van der Waals surface area contributed by atoms with Gasteiger partial charge >= 0.3 is 0 Å². The molecule has 16 heavy (non-hydrogen) atoms. The van der Waals surface area contributed by atoms with Crippen LogP contribution in [-0.4, -0.2) is 0 Å². The van der Waals surface area contributed by atoms with Crippen LogP contribution in [-0.2, 0) is 12.0 Å². The Kier molecular flexibility index (Phi) is 3.10. The van der Waals surface area contributed by atoms with Gasteiger partial charge in [-0.3, -0.25) is 0 Å². The molecule has 1 nitrogen and oxygen atoms in total. The number of aromatic nitrogens is 1. The average molecular weight is 232 g/mol. The first-order valence-corrected chi connectivity index (χ1v) is 6.51. The van der Waals surface area contributed by atoms with Crippen molar-refractivity contribution in [2.24, 2.45) is 0 Å². The summed E-state index contributed by atoms with van der Waals surface area (Å²) < 4.78 is 2.21. The van der Waals surface area contributed by atoms with Gasteiger partial charge in [-0.2, -0.15) is 4.57 Å². The fourth-order valence-electron chi connectivity index (χ4n) is 1.67. The van der Waals surface area contributed by atoms with Gasteiger partial charge in [-0.1, -0.05) is 56.4 Å². The van der Waals surface area contributed by atoms with Gasteiger partial charge in [0.2, 0.25) is 5.51 Å². The van der Waals surface area contributed by atoms with Gasteiger partial charge in [0, 0.05) is 5.56 Å². The molecule has 0 fully saturated rings. The van der Waals surface area contributed by atoms with E-state index in [-0.39, 0.29) is 5.41 Å². The van der Waals surface area contributed by atoms with Crippen LogP contribution in [0.5, 0.6) is 0 Å². The third-order valence-corrected chi connectivity index (χ3v) is 3.38. The summed E-state index contributed by atoms with van der Waals surface area (Å²) in [5, 5.41) is 2.10. The van der Waals surface area contributed by atoms with E-state index in [1.165, 1.54) is 11.1 Å². The maximum absolute atomic E-state index is 2.25. The van der Waals surface area contributed by atoms with E-state index in [4.69, 9.17) is 0 Å². The van der Waals surface area contributed by atoms with Crippen LogP contribution in [0.2, 0.25) is 0 Å². The van der Waals surface area contributed by atoms with Gasteiger partial charge in [0.25, 0.3) is 0 Å². The Morgan fingerprint density at radius 1 is 1.12 bits per heavy atom. The second kappa shape index (κ2) is 4.38. The van der Waals surface area contributed by atoms with E-state index < -0.39 is 0 Å². The lowest BCUT2D eigenvalue weighted by molar-refractivity contribution is -0.683. The highest BCUT2D eigenvalue weighted by Crippen LogP contribution is 2.22. The summed E-state index contributed by atoms with van der Waals surface area (Å²) >= 11 is 1.73. The molecule has 0 radical (unpaired) electrons. The van der Waals surface area contributed by atoms with Crippen molar-refractivity contribution in [3.05, 3.63) is 52.5 Å². The van der Waals surface area contributed by atoms with Crippen LogP contribution in [0.3, 0.4) is 0 Å². The molecule has 2 heteroatoms. The van der Waals surface area contributed by atoms with Crippen molar-refractivity contribution < 1.29 is 4.57 Å². The Morgan fingerprint density at radius 3 is 2.31 bits per heavy atom. The van der Waals surface area contributed by atoms with E-state index in [0.29, 0.717) is 0 Å². The fourth-order valence-corrected chi connectivity index (χ4v) is 2.27. The number of benzene rings is 1. The summed E-state index contributed by atoms with van der Waals surface area (Å²) in [5.74, 6) is 0. The quantitative estimate of drug-likeness (QED) is 0.699. The van der Waals surface area contributed by atoms with E-state index in [2.05, 4.69) is 66.7 Å². The zero-order chi connectivity index (χ0) is 11.6. The normalized spacial score (nSPS) is 11.7. The predicted octanol–water partition coefficient (Wildman–Crippen LogP) is 3.38. The standard InChI is InChI=1S/C14H18NS/c1-14(2,3)13-6-4-12(5-7-13)10-15-8-9-16-11-15/h4-9,11H,10H2,1-3H3/q+1. The molecule has 2 rings (SSSR count). The topological polar surface area (TPSA) is 3.88 Å². The van der Waals surface area contributed by atoms with E-state index in [9.17, 15) is 0 Å². The number of thiazole rings is 1. The van der Waals surface area contributed by atoms with Gasteiger partial charge in [0.05, 0.1) is 5.38 Å². The van der Waals surface area contributed by atoms with Crippen molar-refractivity contribution in [2.45, 2.75) is 32.7 Å². The average Bonchev–Trinajstić information content (AvgIpc) is 2.70.